The number of rotatable bonds is 1. The van der Waals surface area contributed by atoms with Crippen LogP contribution in [0.1, 0.15) is 5.56 Å². The lowest BCUT2D eigenvalue weighted by Crippen LogP contribution is -1.91. The molecule has 1 aromatic rings. The van der Waals surface area contributed by atoms with Gasteiger partial charge in [-0.1, -0.05) is 0 Å². The zero-order chi connectivity index (χ0) is 7.56. The summed E-state index contributed by atoms with van der Waals surface area (Å²) in [5, 5.41) is 13.4. The molecule has 52 valence electrons. The van der Waals surface area contributed by atoms with Crippen molar-refractivity contribution in [1.29, 1.82) is 5.26 Å². The second-order valence-electron chi connectivity index (χ2n) is 1.80. The van der Waals surface area contributed by atoms with Crippen molar-refractivity contribution in [2.45, 2.75) is 5.03 Å². The molecular weight excluding hydrogens is 146 g/mol. The van der Waals surface area contributed by atoms with Crippen LogP contribution in [0.4, 0.5) is 0 Å². The fraction of sp³-hybridized carbons (Fsp3) is 0.333. The zero-order valence-corrected chi connectivity index (χ0v) is 6.64. The molecule has 0 N–H and O–H groups in total. The lowest BCUT2D eigenvalue weighted by molar-refractivity contribution is 0.698. The Balaban J connectivity index is 3.16. The number of nitriles is 1. The molecule has 1 rings (SSSR count). The molecule has 0 aliphatic carbocycles. The first-order valence-electron chi connectivity index (χ1n) is 2.75. The minimum Gasteiger partial charge on any atom is -0.261 e. The topological polar surface area (TPSA) is 41.6 Å². The van der Waals surface area contributed by atoms with Crippen LogP contribution in [0, 0.1) is 11.3 Å². The molecule has 0 fully saturated rings. The normalized spacial score (nSPS) is 9.30. The maximum atomic E-state index is 8.55. The van der Waals surface area contributed by atoms with Gasteiger partial charge in [0.1, 0.15) is 16.7 Å². The summed E-state index contributed by atoms with van der Waals surface area (Å²) in [5.74, 6) is 0. The number of thioether (sulfide) groups is 1. The van der Waals surface area contributed by atoms with Crippen LogP contribution in [0.3, 0.4) is 0 Å². The Morgan fingerprint density at radius 3 is 2.90 bits per heavy atom. The summed E-state index contributed by atoms with van der Waals surface area (Å²) in [5.41, 5.74) is 0.648. The molecule has 0 amide bonds. The van der Waals surface area contributed by atoms with Crippen molar-refractivity contribution in [2.75, 3.05) is 6.26 Å². The molecule has 0 spiro atoms. The Morgan fingerprint density at radius 2 is 2.50 bits per heavy atom. The van der Waals surface area contributed by atoms with Crippen molar-refractivity contribution < 1.29 is 0 Å². The van der Waals surface area contributed by atoms with E-state index in [0.29, 0.717) is 5.56 Å². The van der Waals surface area contributed by atoms with E-state index in [9.17, 15) is 0 Å². The van der Waals surface area contributed by atoms with Gasteiger partial charge in [-0.25, -0.2) is 0 Å². The first kappa shape index (κ1) is 7.16. The van der Waals surface area contributed by atoms with Gasteiger partial charge in [-0.2, -0.15) is 10.4 Å². The van der Waals surface area contributed by atoms with Crippen LogP contribution in [-0.4, -0.2) is 16.0 Å². The van der Waals surface area contributed by atoms with Crippen LogP contribution in [0.2, 0.25) is 0 Å². The van der Waals surface area contributed by atoms with Gasteiger partial charge in [0.2, 0.25) is 0 Å². The van der Waals surface area contributed by atoms with Gasteiger partial charge in [-0.3, -0.25) is 4.68 Å². The second kappa shape index (κ2) is 2.76. The van der Waals surface area contributed by atoms with Gasteiger partial charge < -0.3 is 0 Å². The first-order valence-corrected chi connectivity index (χ1v) is 3.98. The van der Waals surface area contributed by atoms with Crippen LogP contribution in [-0.2, 0) is 7.05 Å². The third kappa shape index (κ3) is 1.00. The van der Waals surface area contributed by atoms with Crippen molar-refractivity contribution in [3.8, 4) is 6.07 Å². The molecule has 0 radical (unpaired) electrons. The van der Waals surface area contributed by atoms with E-state index in [1.54, 1.807) is 10.9 Å². The summed E-state index contributed by atoms with van der Waals surface area (Å²) in [6.07, 6.45) is 3.50. The number of hydrogen-bond donors (Lipinski definition) is 0. The second-order valence-corrected chi connectivity index (χ2v) is 2.60. The Bertz CT molecular complexity index is 271. The van der Waals surface area contributed by atoms with Crippen LogP contribution in [0.25, 0.3) is 0 Å². The van der Waals surface area contributed by atoms with E-state index < -0.39 is 0 Å². The Morgan fingerprint density at radius 1 is 1.80 bits per heavy atom. The monoisotopic (exact) mass is 153 g/mol. The van der Waals surface area contributed by atoms with Gasteiger partial charge >= 0.3 is 0 Å². The minimum absolute atomic E-state index is 0.648. The summed E-state index contributed by atoms with van der Waals surface area (Å²) in [6.45, 7) is 0. The van der Waals surface area contributed by atoms with Crippen molar-refractivity contribution in [3.05, 3.63) is 11.8 Å². The number of hydrogen-bond acceptors (Lipinski definition) is 3. The molecule has 0 saturated carbocycles. The Hall–Kier alpha value is -0.950. The average Bonchev–Trinajstić information content (AvgIpc) is 2.30. The zero-order valence-electron chi connectivity index (χ0n) is 5.83. The molecule has 3 nitrogen and oxygen atoms in total. The highest BCUT2D eigenvalue weighted by molar-refractivity contribution is 7.98. The third-order valence-corrected chi connectivity index (χ3v) is 2.07. The van der Waals surface area contributed by atoms with E-state index >= 15 is 0 Å². The van der Waals surface area contributed by atoms with Gasteiger partial charge in [0.05, 0.1) is 6.20 Å². The van der Waals surface area contributed by atoms with Crippen molar-refractivity contribution in [3.63, 3.8) is 0 Å². The maximum absolute atomic E-state index is 8.55. The maximum Gasteiger partial charge on any atom is 0.111 e. The van der Waals surface area contributed by atoms with E-state index in [1.165, 1.54) is 11.8 Å². The van der Waals surface area contributed by atoms with E-state index in [0.717, 1.165) is 5.03 Å². The number of aromatic nitrogens is 2. The lowest BCUT2D eigenvalue weighted by Gasteiger charge is -1.94. The molecule has 0 aliphatic heterocycles. The van der Waals surface area contributed by atoms with Crippen molar-refractivity contribution in [2.24, 2.45) is 7.05 Å². The fourth-order valence-corrected chi connectivity index (χ4v) is 1.37. The fourth-order valence-electron chi connectivity index (χ4n) is 0.745. The van der Waals surface area contributed by atoms with Crippen molar-refractivity contribution in [1.82, 2.24) is 9.78 Å². The molecule has 0 unspecified atom stereocenters. The molecule has 0 bridgehead atoms. The molecular formula is C6H7N3S. The smallest absolute Gasteiger partial charge is 0.111 e. The summed E-state index contributed by atoms with van der Waals surface area (Å²) in [6, 6.07) is 2.06. The molecule has 0 aliphatic rings. The van der Waals surface area contributed by atoms with E-state index in [-0.39, 0.29) is 0 Å². The molecule has 1 aromatic heterocycles. The molecule has 1 heterocycles. The quantitative estimate of drug-likeness (QED) is 0.565. The summed E-state index contributed by atoms with van der Waals surface area (Å²) in [4.78, 5) is 0. The predicted octanol–water partition coefficient (Wildman–Crippen LogP) is 1.01. The molecule has 0 aromatic carbocycles. The largest absolute Gasteiger partial charge is 0.261 e. The van der Waals surface area contributed by atoms with Crippen LogP contribution in [0.15, 0.2) is 11.2 Å². The number of aryl methyl sites for hydroxylation is 1. The molecule has 4 heteroatoms. The molecule has 0 saturated heterocycles. The van der Waals surface area contributed by atoms with Crippen LogP contribution >= 0.6 is 11.8 Å². The summed E-state index contributed by atoms with van der Waals surface area (Å²) in [7, 11) is 1.83. The predicted molar refractivity (Wildman–Crippen MR) is 39.7 cm³/mol. The minimum atomic E-state index is 0.648. The molecule has 0 atom stereocenters. The molecule has 10 heavy (non-hydrogen) atoms. The third-order valence-electron chi connectivity index (χ3n) is 1.20. The van der Waals surface area contributed by atoms with E-state index in [2.05, 4.69) is 11.2 Å². The van der Waals surface area contributed by atoms with E-state index in [4.69, 9.17) is 5.26 Å². The number of nitrogens with zero attached hydrogens (tertiary/aromatic N) is 3. The van der Waals surface area contributed by atoms with Crippen LogP contribution in [0.5, 0.6) is 0 Å². The van der Waals surface area contributed by atoms with Gasteiger partial charge in [-0.05, 0) is 6.26 Å². The SMILES string of the molecule is CSc1c(C#N)cnn1C. The van der Waals surface area contributed by atoms with Gasteiger partial charge in [0.25, 0.3) is 0 Å². The van der Waals surface area contributed by atoms with Gasteiger partial charge in [-0.15, -0.1) is 11.8 Å². The average molecular weight is 153 g/mol. The summed E-state index contributed by atoms with van der Waals surface area (Å²) < 4.78 is 1.70. The van der Waals surface area contributed by atoms with E-state index in [1.807, 2.05) is 13.3 Å². The van der Waals surface area contributed by atoms with Crippen LogP contribution < -0.4 is 0 Å². The highest BCUT2D eigenvalue weighted by atomic mass is 32.2. The highest BCUT2D eigenvalue weighted by Gasteiger charge is 2.04. The Kier molecular flexibility index (Phi) is 1.97. The standard InChI is InChI=1S/C6H7N3S/c1-9-6(10-2)5(3-7)4-8-9/h4H,1-2H3. The highest BCUT2D eigenvalue weighted by Crippen LogP contribution is 2.17. The van der Waals surface area contributed by atoms with Gasteiger partial charge in [0, 0.05) is 7.05 Å². The first-order chi connectivity index (χ1) is 4.79. The Labute approximate surface area is 63.6 Å². The lowest BCUT2D eigenvalue weighted by atomic mass is 10.4. The summed E-state index contributed by atoms with van der Waals surface area (Å²) >= 11 is 1.53. The van der Waals surface area contributed by atoms with Gasteiger partial charge in [0.15, 0.2) is 0 Å². The van der Waals surface area contributed by atoms with Crippen molar-refractivity contribution >= 4 is 11.8 Å².